The molecule has 1 aromatic carbocycles. The van der Waals surface area contributed by atoms with Gasteiger partial charge >= 0.3 is 0 Å². The van der Waals surface area contributed by atoms with Crippen LogP contribution in [0.2, 0.25) is 0 Å². The largest absolute Gasteiger partial charge is 0.496 e. The van der Waals surface area contributed by atoms with Crippen molar-refractivity contribution >= 4 is 28.8 Å². The minimum absolute atomic E-state index is 0.699. The van der Waals surface area contributed by atoms with Crippen LogP contribution in [-0.2, 0) is 5.75 Å². The smallest absolute Gasteiger partial charge is 0.162 e. The molecule has 0 amide bonds. The number of thiazole rings is 1. The molecule has 0 fully saturated rings. The Morgan fingerprint density at radius 3 is 3.05 bits per heavy atom. The maximum atomic E-state index is 5.76. The van der Waals surface area contributed by atoms with Gasteiger partial charge in [0.15, 0.2) is 10.8 Å². The molecule has 0 atom stereocenters. The summed E-state index contributed by atoms with van der Waals surface area (Å²) < 4.78 is 10.7. The fourth-order valence-electron chi connectivity index (χ4n) is 1.84. The Bertz CT molecular complexity index is 723. The number of anilines is 1. The van der Waals surface area contributed by atoms with Crippen molar-refractivity contribution in [3.8, 4) is 16.5 Å². The first-order valence-corrected chi connectivity index (χ1v) is 8.17. The van der Waals surface area contributed by atoms with Crippen LogP contribution in [0.5, 0.6) is 5.75 Å². The summed E-state index contributed by atoms with van der Waals surface area (Å²) in [4.78, 5) is 5.63. The van der Waals surface area contributed by atoms with E-state index in [1.54, 1.807) is 36.5 Å². The van der Waals surface area contributed by atoms with E-state index in [0.29, 0.717) is 5.69 Å². The van der Waals surface area contributed by atoms with Crippen molar-refractivity contribution in [2.75, 3.05) is 12.8 Å². The molecule has 21 heavy (non-hydrogen) atoms. The number of hydrogen-bond acceptors (Lipinski definition) is 6. The molecular weight excluding hydrogens is 304 g/mol. The Labute approximate surface area is 131 Å². The van der Waals surface area contributed by atoms with E-state index in [1.807, 2.05) is 30.3 Å². The van der Waals surface area contributed by atoms with Crippen LogP contribution in [0, 0.1) is 0 Å². The lowest BCUT2D eigenvalue weighted by atomic mass is 10.3. The molecule has 3 aromatic rings. The number of furan rings is 1. The topological polar surface area (TPSA) is 61.3 Å². The van der Waals surface area contributed by atoms with Gasteiger partial charge < -0.3 is 14.9 Å². The third kappa shape index (κ3) is 3.22. The highest BCUT2D eigenvalue weighted by molar-refractivity contribution is 7.98. The molecule has 3 rings (SSSR count). The van der Waals surface area contributed by atoms with Gasteiger partial charge in [-0.15, -0.1) is 23.1 Å². The molecule has 4 nitrogen and oxygen atoms in total. The molecule has 0 saturated carbocycles. The van der Waals surface area contributed by atoms with Crippen LogP contribution in [0.15, 0.2) is 51.3 Å². The summed E-state index contributed by atoms with van der Waals surface area (Å²) >= 11 is 3.26. The molecule has 108 valence electrons. The molecule has 2 N–H and O–H groups in total. The van der Waals surface area contributed by atoms with Gasteiger partial charge in [0.2, 0.25) is 0 Å². The average Bonchev–Trinajstić information content (AvgIpc) is 3.16. The third-order valence-electron chi connectivity index (χ3n) is 2.85. The van der Waals surface area contributed by atoms with Gasteiger partial charge in [-0.05, 0) is 24.3 Å². The molecule has 2 aromatic heterocycles. The van der Waals surface area contributed by atoms with Crippen molar-refractivity contribution in [3.63, 3.8) is 0 Å². The summed E-state index contributed by atoms with van der Waals surface area (Å²) in [6.07, 6.45) is 1.66. The lowest BCUT2D eigenvalue weighted by Crippen LogP contribution is -1.91. The molecule has 2 heterocycles. The van der Waals surface area contributed by atoms with Gasteiger partial charge in [-0.1, -0.05) is 0 Å². The van der Waals surface area contributed by atoms with Crippen LogP contribution in [0.4, 0.5) is 5.69 Å². The zero-order chi connectivity index (χ0) is 14.7. The van der Waals surface area contributed by atoms with Crippen molar-refractivity contribution in [2.45, 2.75) is 10.6 Å². The number of ether oxygens (including phenoxy) is 1. The molecule has 0 unspecified atom stereocenters. The standard InChI is InChI=1S/C15H14N2O2S2/c1-18-13-7-10(16)4-5-14(13)20-8-11-9-21-15(17-11)12-3-2-6-19-12/h2-7,9H,8,16H2,1H3. The van der Waals surface area contributed by atoms with E-state index in [1.165, 1.54) is 0 Å². The number of hydrogen-bond donors (Lipinski definition) is 1. The molecule has 0 spiro atoms. The van der Waals surface area contributed by atoms with Crippen molar-refractivity contribution in [1.82, 2.24) is 4.98 Å². The highest BCUT2D eigenvalue weighted by atomic mass is 32.2. The Kier molecular flexibility index (Phi) is 4.17. The number of nitrogens with two attached hydrogens (primary N) is 1. The number of benzene rings is 1. The van der Waals surface area contributed by atoms with E-state index in [2.05, 4.69) is 10.4 Å². The van der Waals surface area contributed by atoms with E-state index < -0.39 is 0 Å². The molecule has 0 aliphatic carbocycles. The first kappa shape index (κ1) is 14.0. The predicted octanol–water partition coefficient (Wildman–Crippen LogP) is 4.29. The summed E-state index contributed by atoms with van der Waals surface area (Å²) in [5.74, 6) is 2.38. The minimum Gasteiger partial charge on any atom is -0.496 e. The van der Waals surface area contributed by atoms with Gasteiger partial charge in [0.05, 0.1) is 19.1 Å². The number of aromatic nitrogens is 1. The summed E-state index contributed by atoms with van der Waals surface area (Å²) in [6, 6.07) is 9.46. The molecule has 0 bridgehead atoms. The molecule has 0 aliphatic rings. The fourth-order valence-corrected chi connectivity index (χ4v) is 3.63. The number of nitrogens with zero attached hydrogens (tertiary/aromatic N) is 1. The van der Waals surface area contributed by atoms with Crippen LogP contribution < -0.4 is 10.5 Å². The van der Waals surface area contributed by atoms with E-state index in [-0.39, 0.29) is 0 Å². The van der Waals surface area contributed by atoms with Crippen molar-refractivity contribution < 1.29 is 9.15 Å². The van der Waals surface area contributed by atoms with E-state index in [4.69, 9.17) is 14.9 Å². The highest BCUT2D eigenvalue weighted by Crippen LogP contribution is 2.34. The van der Waals surface area contributed by atoms with Crippen LogP contribution >= 0.6 is 23.1 Å². The summed E-state index contributed by atoms with van der Waals surface area (Å²) in [5, 5.41) is 2.95. The normalized spacial score (nSPS) is 10.7. The molecule has 0 aliphatic heterocycles. The lowest BCUT2D eigenvalue weighted by molar-refractivity contribution is 0.405. The van der Waals surface area contributed by atoms with E-state index >= 15 is 0 Å². The SMILES string of the molecule is COc1cc(N)ccc1SCc1csc(-c2ccco2)n1. The highest BCUT2D eigenvalue weighted by Gasteiger charge is 2.09. The van der Waals surface area contributed by atoms with Crippen LogP contribution in [0.3, 0.4) is 0 Å². The Morgan fingerprint density at radius 1 is 1.38 bits per heavy atom. The molecule has 0 saturated heterocycles. The summed E-state index contributed by atoms with van der Waals surface area (Å²) in [5.41, 5.74) is 7.48. The number of rotatable bonds is 5. The summed E-state index contributed by atoms with van der Waals surface area (Å²) in [7, 11) is 1.65. The van der Waals surface area contributed by atoms with Crippen LogP contribution in [0.1, 0.15) is 5.69 Å². The van der Waals surface area contributed by atoms with E-state index in [0.717, 1.165) is 32.9 Å². The van der Waals surface area contributed by atoms with Gasteiger partial charge in [-0.2, -0.15) is 0 Å². The third-order valence-corrected chi connectivity index (χ3v) is 4.84. The van der Waals surface area contributed by atoms with Crippen LogP contribution in [-0.4, -0.2) is 12.1 Å². The quantitative estimate of drug-likeness (QED) is 0.562. The van der Waals surface area contributed by atoms with Gasteiger partial charge in [-0.3, -0.25) is 0 Å². The number of nitrogen functional groups attached to an aromatic ring is 1. The minimum atomic E-state index is 0.699. The van der Waals surface area contributed by atoms with E-state index in [9.17, 15) is 0 Å². The van der Waals surface area contributed by atoms with Gasteiger partial charge in [-0.25, -0.2) is 4.98 Å². The zero-order valence-corrected chi connectivity index (χ0v) is 13.0. The maximum Gasteiger partial charge on any atom is 0.162 e. The monoisotopic (exact) mass is 318 g/mol. The zero-order valence-electron chi connectivity index (χ0n) is 11.4. The Hall–Kier alpha value is -1.92. The fraction of sp³-hybridized carbons (Fsp3) is 0.133. The van der Waals surface area contributed by atoms with Gasteiger partial charge in [0.1, 0.15) is 5.75 Å². The Balaban J connectivity index is 1.71. The lowest BCUT2D eigenvalue weighted by Gasteiger charge is -2.07. The van der Waals surface area contributed by atoms with Crippen molar-refractivity contribution in [2.24, 2.45) is 0 Å². The van der Waals surface area contributed by atoms with Gasteiger partial charge in [0, 0.05) is 27.8 Å². The second-order valence-electron chi connectivity index (χ2n) is 4.32. The van der Waals surface area contributed by atoms with Crippen molar-refractivity contribution in [3.05, 3.63) is 47.7 Å². The molecule has 0 radical (unpaired) electrons. The summed E-state index contributed by atoms with van der Waals surface area (Å²) in [6.45, 7) is 0. The van der Waals surface area contributed by atoms with Crippen molar-refractivity contribution in [1.29, 1.82) is 0 Å². The number of thioether (sulfide) groups is 1. The predicted molar refractivity (Wildman–Crippen MR) is 86.8 cm³/mol. The number of methoxy groups -OCH3 is 1. The first-order valence-electron chi connectivity index (χ1n) is 6.31. The average molecular weight is 318 g/mol. The second kappa shape index (κ2) is 6.24. The van der Waals surface area contributed by atoms with Crippen LogP contribution in [0.25, 0.3) is 10.8 Å². The Morgan fingerprint density at radius 2 is 2.29 bits per heavy atom. The second-order valence-corrected chi connectivity index (χ2v) is 6.20. The first-order chi connectivity index (χ1) is 10.3. The molecular formula is C15H14N2O2S2. The molecule has 6 heteroatoms. The van der Waals surface area contributed by atoms with Gasteiger partial charge in [0.25, 0.3) is 0 Å². The maximum absolute atomic E-state index is 5.76.